The van der Waals surface area contributed by atoms with Crippen LogP contribution >= 0.6 is 0 Å². The quantitative estimate of drug-likeness (QED) is 0.540. The van der Waals surface area contributed by atoms with Crippen molar-refractivity contribution in [1.29, 1.82) is 0 Å². The fourth-order valence-corrected chi connectivity index (χ4v) is 1.94. The van der Waals surface area contributed by atoms with Gasteiger partial charge in [0.2, 0.25) is 0 Å². The summed E-state index contributed by atoms with van der Waals surface area (Å²) in [6, 6.07) is 5.31. The molecule has 24 heavy (non-hydrogen) atoms. The fourth-order valence-electron chi connectivity index (χ4n) is 1.94. The highest BCUT2D eigenvalue weighted by Crippen LogP contribution is 2.29. The zero-order valence-corrected chi connectivity index (χ0v) is 14.5. The van der Waals surface area contributed by atoms with Crippen LogP contribution in [0.15, 0.2) is 18.2 Å². The number of hydrogen-bond donors (Lipinski definition) is 1. The standard InChI is InChI=1S/C16H25NO6.ClH/c17-14-1-2-15-16(13-14)23-12-10-21-8-6-19-4-3-18-5-7-20-9-11-22-15;/h1-2,13H,3-12,17H2;1H/p-1. The van der Waals surface area contributed by atoms with Gasteiger partial charge in [0.1, 0.15) is 13.2 Å². The van der Waals surface area contributed by atoms with Crippen LogP contribution < -0.4 is 27.6 Å². The Hall–Kier alpha value is -1.25. The Labute approximate surface area is 148 Å². The minimum Gasteiger partial charge on any atom is -1.00 e. The van der Waals surface area contributed by atoms with Crippen molar-refractivity contribution in [3.63, 3.8) is 0 Å². The number of anilines is 1. The van der Waals surface area contributed by atoms with Crippen molar-refractivity contribution in [2.24, 2.45) is 0 Å². The molecule has 0 unspecified atom stereocenters. The first-order chi connectivity index (χ1) is 11.4. The van der Waals surface area contributed by atoms with Crippen molar-refractivity contribution in [2.75, 3.05) is 71.8 Å². The predicted octanol–water partition coefficient (Wildman–Crippen LogP) is -1.89. The third kappa shape index (κ3) is 8.56. The molecule has 1 heterocycles. The van der Waals surface area contributed by atoms with E-state index in [1.54, 1.807) is 18.2 Å². The number of nitrogen functional groups attached to an aromatic ring is 1. The van der Waals surface area contributed by atoms with Crippen LogP contribution in [-0.2, 0) is 18.9 Å². The van der Waals surface area contributed by atoms with Crippen LogP contribution in [-0.4, -0.2) is 66.1 Å². The SMILES string of the molecule is Nc1ccc2c(c1)OCCOCCOCCOCCOCCO2.[Cl-]. The molecular formula is C16H25ClNO6-. The van der Waals surface area contributed by atoms with E-state index >= 15 is 0 Å². The number of rotatable bonds is 0. The lowest BCUT2D eigenvalue weighted by atomic mass is 10.3. The maximum atomic E-state index is 5.79. The first-order valence-corrected chi connectivity index (χ1v) is 7.82. The molecule has 1 aliphatic rings. The molecule has 0 bridgehead atoms. The molecule has 0 amide bonds. The number of fused-ring (bicyclic) bond motifs is 1. The largest absolute Gasteiger partial charge is 1.00 e. The van der Waals surface area contributed by atoms with Crippen molar-refractivity contribution < 1.29 is 40.8 Å². The average molecular weight is 363 g/mol. The van der Waals surface area contributed by atoms with Gasteiger partial charge in [-0.2, -0.15) is 0 Å². The van der Waals surface area contributed by atoms with E-state index in [2.05, 4.69) is 0 Å². The summed E-state index contributed by atoms with van der Waals surface area (Å²) in [6.45, 7) is 5.02. The molecule has 0 saturated carbocycles. The van der Waals surface area contributed by atoms with E-state index < -0.39 is 0 Å². The third-order valence-electron chi connectivity index (χ3n) is 3.05. The summed E-state index contributed by atoms with van der Waals surface area (Å²) < 4.78 is 33.0. The summed E-state index contributed by atoms with van der Waals surface area (Å²) in [6.07, 6.45) is 0. The van der Waals surface area contributed by atoms with Gasteiger partial charge in [0.15, 0.2) is 11.5 Å². The number of nitrogens with two attached hydrogens (primary N) is 1. The van der Waals surface area contributed by atoms with Crippen LogP contribution in [0.1, 0.15) is 0 Å². The second-order valence-electron chi connectivity index (χ2n) is 4.85. The van der Waals surface area contributed by atoms with Crippen LogP contribution in [0.2, 0.25) is 0 Å². The minimum atomic E-state index is 0. The molecule has 0 atom stereocenters. The Morgan fingerprint density at radius 3 is 1.50 bits per heavy atom. The lowest BCUT2D eigenvalue weighted by Gasteiger charge is -2.14. The molecule has 1 aromatic carbocycles. The van der Waals surface area contributed by atoms with Gasteiger partial charge < -0.3 is 46.6 Å². The van der Waals surface area contributed by atoms with Crippen molar-refractivity contribution in [3.05, 3.63) is 18.2 Å². The van der Waals surface area contributed by atoms with Crippen molar-refractivity contribution in [1.82, 2.24) is 0 Å². The number of hydrogen-bond acceptors (Lipinski definition) is 7. The smallest absolute Gasteiger partial charge is 0.163 e. The second kappa shape index (κ2) is 13.1. The van der Waals surface area contributed by atoms with Crippen LogP contribution in [0, 0.1) is 0 Å². The first-order valence-electron chi connectivity index (χ1n) is 7.82. The van der Waals surface area contributed by atoms with Gasteiger partial charge in [0, 0.05) is 11.8 Å². The van der Waals surface area contributed by atoms with E-state index in [-0.39, 0.29) is 12.4 Å². The molecule has 0 fully saturated rings. The van der Waals surface area contributed by atoms with Crippen LogP contribution in [0.3, 0.4) is 0 Å². The summed E-state index contributed by atoms with van der Waals surface area (Å²) in [5, 5.41) is 0. The Balaban J connectivity index is 0.00000288. The zero-order valence-electron chi connectivity index (χ0n) is 13.7. The summed E-state index contributed by atoms with van der Waals surface area (Å²) in [5.74, 6) is 1.25. The van der Waals surface area contributed by atoms with E-state index in [0.29, 0.717) is 83.3 Å². The number of ether oxygens (including phenoxy) is 6. The fraction of sp³-hybridized carbons (Fsp3) is 0.625. The lowest BCUT2D eigenvalue weighted by Crippen LogP contribution is -3.00. The predicted molar refractivity (Wildman–Crippen MR) is 85.1 cm³/mol. The first kappa shape index (κ1) is 20.8. The Morgan fingerprint density at radius 2 is 1.00 bits per heavy atom. The van der Waals surface area contributed by atoms with Crippen molar-refractivity contribution >= 4 is 5.69 Å². The Morgan fingerprint density at radius 1 is 0.583 bits per heavy atom. The molecular weight excluding hydrogens is 338 g/mol. The highest BCUT2D eigenvalue weighted by molar-refractivity contribution is 5.51. The van der Waals surface area contributed by atoms with Crippen LogP contribution in [0.25, 0.3) is 0 Å². The summed E-state index contributed by atoms with van der Waals surface area (Å²) >= 11 is 0. The normalized spacial score (nSPS) is 18.7. The van der Waals surface area contributed by atoms with E-state index in [1.807, 2.05) is 0 Å². The summed E-state index contributed by atoms with van der Waals surface area (Å²) in [4.78, 5) is 0. The minimum absolute atomic E-state index is 0. The van der Waals surface area contributed by atoms with E-state index in [4.69, 9.17) is 34.2 Å². The van der Waals surface area contributed by atoms with Gasteiger partial charge in [0.25, 0.3) is 0 Å². The molecule has 2 N–H and O–H groups in total. The third-order valence-corrected chi connectivity index (χ3v) is 3.05. The molecule has 138 valence electrons. The second-order valence-corrected chi connectivity index (χ2v) is 4.85. The lowest BCUT2D eigenvalue weighted by molar-refractivity contribution is -0.00841. The maximum absolute atomic E-state index is 5.79. The molecule has 8 heteroatoms. The molecule has 1 aromatic rings. The molecule has 7 nitrogen and oxygen atoms in total. The molecule has 1 aliphatic heterocycles. The van der Waals surface area contributed by atoms with Gasteiger partial charge in [0.05, 0.1) is 52.9 Å². The molecule has 0 radical (unpaired) electrons. The number of benzene rings is 1. The van der Waals surface area contributed by atoms with Crippen molar-refractivity contribution in [3.8, 4) is 11.5 Å². The molecule has 0 aliphatic carbocycles. The van der Waals surface area contributed by atoms with Crippen LogP contribution in [0.5, 0.6) is 11.5 Å². The molecule has 2 rings (SSSR count). The highest BCUT2D eigenvalue weighted by Gasteiger charge is 2.06. The van der Waals surface area contributed by atoms with Gasteiger partial charge >= 0.3 is 0 Å². The topological polar surface area (TPSA) is 81.4 Å². The van der Waals surface area contributed by atoms with Gasteiger partial charge in [-0.05, 0) is 12.1 Å². The number of halogens is 1. The monoisotopic (exact) mass is 362 g/mol. The maximum Gasteiger partial charge on any atom is 0.163 e. The average Bonchev–Trinajstić information content (AvgIpc) is 2.55. The zero-order chi connectivity index (χ0) is 16.2. The molecule has 0 aromatic heterocycles. The summed E-state index contributed by atoms with van der Waals surface area (Å²) in [5.41, 5.74) is 6.41. The van der Waals surface area contributed by atoms with Gasteiger partial charge in [-0.15, -0.1) is 0 Å². The Kier molecular flexibility index (Phi) is 11.3. The summed E-state index contributed by atoms with van der Waals surface area (Å²) in [7, 11) is 0. The van der Waals surface area contributed by atoms with E-state index in [9.17, 15) is 0 Å². The molecule has 0 spiro atoms. The highest BCUT2D eigenvalue weighted by atomic mass is 35.5. The van der Waals surface area contributed by atoms with Gasteiger partial charge in [-0.25, -0.2) is 0 Å². The van der Waals surface area contributed by atoms with Crippen LogP contribution in [0.4, 0.5) is 5.69 Å². The molecule has 0 saturated heterocycles. The van der Waals surface area contributed by atoms with Crippen molar-refractivity contribution in [2.45, 2.75) is 0 Å². The van der Waals surface area contributed by atoms with Gasteiger partial charge in [-0.3, -0.25) is 0 Å². The van der Waals surface area contributed by atoms with E-state index in [1.165, 1.54) is 0 Å². The van der Waals surface area contributed by atoms with Gasteiger partial charge in [-0.1, -0.05) is 0 Å². The van der Waals surface area contributed by atoms with E-state index in [0.717, 1.165) is 0 Å². The Bertz CT molecular complexity index is 449.